The molecule has 0 bridgehead atoms. The van der Waals surface area contributed by atoms with Crippen LogP contribution in [0.15, 0.2) is 83.8 Å². The van der Waals surface area contributed by atoms with Gasteiger partial charge in [-0.25, -0.2) is 8.42 Å². The molecule has 0 heterocycles. The summed E-state index contributed by atoms with van der Waals surface area (Å²) in [5, 5.41) is 2.86. The first-order valence-electron chi connectivity index (χ1n) is 12.3. The lowest BCUT2D eigenvalue weighted by Crippen LogP contribution is -2.52. The summed E-state index contributed by atoms with van der Waals surface area (Å²) >= 11 is 0. The minimum Gasteiger partial charge on any atom is -0.352 e. The summed E-state index contributed by atoms with van der Waals surface area (Å²) in [5.41, 5.74) is 3.10. The van der Waals surface area contributed by atoms with Crippen molar-refractivity contribution in [2.45, 2.75) is 58.1 Å². The van der Waals surface area contributed by atoms with E-state index in [2.05, 4.69) is 5.32 Å². The van der Waals surface area contributed by atoms with Gasteiger partial charge in [0.15, 0.2) is 0 Å². The van der Waals surface area contributed by atoms with E-state index in [0.29, 0.717) is 5.69 Å². The predicted octanol–water partition coefficient (Wildman–Crippen LogP) is 4.44. The quantitative estimate of drug-likeness (QED) is 0.427. The fraction of sp³-hybridized carbons (Fsp3) is 0.310. The van der Waals surface area contributed by atoms with Crippen molar-refractivity contribution < 1.29 is 18.0 Å². The summed E-state index contributed by atoms with van der Waals surface area (Å²) in [7, 11) is -4.06. The highest BCUT2D eigenvalue weighted by Gasteiger charge is 2.32. The average Bonchev–Trinajstić information content (AvgIpc) is 2.86. The number of sulfonamides is 1. The molecule has 0 aliphatic heterocycles. The zero-order valence-corrected chi connectivity index (χ0v) is 22.8. The monoisotopic (exact) mass is 521 g/mol. The molecule has 3 aromatic carbocycles. The zero-order valence-electron chi connectivity index (χ0n) is 22.0. The second kappa shape index (κ2) is 12.1. The van der Waals surface area contributed by atoms with Gasteiger partial charge in [0.1, 0.15) is 12.6 Å². The van der Waals surface area contributed by atoms with Gasteiger partial charge in [-0.1, -0.05) is 54.6 Å². The van der Waals surface area contributed by atoms with Gasteiger partial charge in [0.25, 0.3) is 10.0 Å². The van der Waals surface area contributed by atoms with Crippen molar-refractivity contribution in [3.63, 3.8) is 0 Å². The molecule has 0 aliphatic carbocycles. The molecule has 3 aromatic rings. The van der Waals surface area contributed by atoms with Gasteiger partial charge in [-0.05, 0) is 75.6 Å². The van der Waals surface area contributed by atoms with Gasteiger partial charge >= 0.3 is 0 Å². The Balaban J connectivity index is 2.03. The van der Waals surface area contributed by atoms with E-state index in [-0.39, 0.29) is 23.4 Å². The Bertz CT molecular complexity index is 1340. The lowest BCUT2D eigenvalue weighted by atomic mass is 10.1. The Hall–Kier alpha value is -3.65. The third kappa shape index (κ3) is 6.98. The van der Waals surface area contributed by atoms with Crippen molar-refractivity contribution in [1.29, 1.82) is 0 Å². The Labute approximate surface area is 220 Å². The molecule has 0 aromatic heterocycles. The Morgan fingerprint density at radius 2 is 1.51 bits per heavy atom. The minimum absolute atomic E-state index is 0.0837. The Morgan fingerprint density at radius 1 is 0.865 bits per heavy atom. The molecule has 0 radical (unpaired) electrons. The van der Waals surface area contributed by atoms with Gasteiger partial charge in [0.05, 0.1) is 10.6 Å². The van der Waals surface area contributed by atoms with E-state index in [4.69, 9.17) is 0 Å². The molecule has 0 fully saturated rings. The number of amides is 2. The van der Waals surface area contributed by atoms with E-state index in [1.54, 1.807) is 43.3 Å². The van der Waals surface area contributed by atoms with Gasteiger partial charge in [-0.15, -0.1) is 0 Å². The number of carbonyl (C=O) groups is 2. The van der Waals surface area contributed by atoms with E-state index in [9.17, 15) is 18.0 Å². The number of hydrogen-bond donors (Lipinski definition) is 1. The molecule has 0 saturated heterocycles. The fourth-order valence-electron chi connectivity index (χ4n) is 3.99. The maximum absolute atomic E-state index is 13.9. The minimum atomic E-state index is -4.06. The second-order valence-corrected chi connectivity index (χ2v) is 11.3. The van der Waals surface area contributed by atoms with Crippen LogP contribution in [0.3, 0.4) is 0 Å². The molecule has 0 saturated carbocycles. The number of nitrogens with one attached hydrogen (secondary N) is 1. The van der Waals surface area contributed by atoms with E-state index in [1.165, 1.54) is 17.0 Å². The highest BCUT2D eigenvalue weighted by Crippen LogP contribution is 2.25. The standard InChI is InChI=1S/C29H35N3O4S/c1-21(2)30-29(34)24(5)31(19-25-14-10-9-13-23(25)4)28(33)20-32(26-15-11-12-22(3)18-26)37(35,36)27-16-7-6-8-17-27/h6-18,21,24H,19-20H2,1-5H3,(H,30,34)/t24-/m1/s1. The first-order valence-corrected chi connectivity index (χ1v) is 13.7. The third-order valence-corrected chi connectivity index (χ3v) is 7.89. The van der Waals surface area contributed by atoms with Crippen molar-refractivity contribution in [3.05, 3.63) is 95.6 Å². The number of anilines is 1. The highest BCUT2D eigenvalue weighted by molar-refractivity contribution is 7.92. The van der Waals surface area contributed by atoms with E-state index in [1.807, 2.05) is 58.0 Å². The number of rotatable bonds is 10. The van der Waals surface area contributed by atoms with Crippen LogP contribution < -0.4 is 9.62 Å². The van der Waals surface area contributed by atoms with Crippen molar-refractivity contribution in [1.82, 2.24) is 10.2 Å². The fourth-order valence-corrected chi connectivity index (χ4v) is 5.42. The van der Waals surface area contributed by atoms with Gasteiger partial charge in [0.2, 0.25) is 11.8 Å². The van der Waals surface area contributed by atoms with E-state index >= 15 is 0 Å². The molecular formula is C29H35N3O4S. The molecule has 37 heavy (non-hydrogen) atoms. The number of nitrogens with zero attached hydrogens (tertiary/aromatic N) is 2. The number of aryl methyl sites for hydroxylation is 2. The van der Waals surface area contributed by atoms with Crippen LogP contribution in [0.25, 0.3) is 0 Å². The first-order chi connectivity index (χ1) is 17.5. The molecule has 1 atom stereocenters. The van der Waals surface area contributed by atoms with Gasteiger partial charge < -0.3 is 10.2 Å². The first kappa shape index (κ1) is 27.9. The van der Waals surface area contributed by atoms with Crippen LogP contribution in [0.1, 0.15) is 37.5 Å². The Morgan fingerprint density at radius 3 is 2.14 bits per heavy atom. The summed E-state index contributed by atoms with van der Waals surface area (Å²) in [6, 6.07) is 21.8. The number of benzene rings is 3. The van der Waals surface area contributed by atoms with Crippen LogP contribution in [0.2, 0.25) is 0 Å². The summed E-state index contributed by atoms with van der Waals surface area (Å²) in [5.74, 6) is -0.777. The molecule has 196 valence electrons. The van der Waals surface area contributed by atoms with Crippen LogP contribution in [-0.2, 0) is 26.2 Å². The Kier molecular flexibility index (Phi) is 9.10. The van der Waals surface area contributed by atoms with Crippen LogP contribution in [0.4, 0.5) is 5.69 Å². The van der Waals surface area contributed by atoms with Crippen molar-refractivity contribution in [3.8, 4) is 0 Å². The normalized spacial score (nSPS) is 12.2. The maximum Gasteiger partial charge on any atom is 0.264 e. The molecular weight excluding hydrogens is 486 g/mol. The van der Waals surface area contributed by atoms with Crippen molar-refractivity contribution in [2.75, 3.05) is 10.8 Å². The summed E-state index contributed by atoms with van der Waals surface area (Å²) in [4.78, 5) is 28.4. The molecule has 8 heteroatoms. The summed E-state index contributed by atoms with van der Waals surface area (Å²) in [6.45, 7) is 8.89. The molecule has 7 nitrogen and oxygen atoms in total. The molecule has 1 N–H and O–H groups in total. The molecule has 0 spiro atoms. The van der Waals surface area contributed by atoms with Gasteiger partial charge in [-0.2, -0.15) is 0 Å². The average molecular weight is 522 g/mol. The van der Waals surface area contributed by atoms with E-state index < -0.39 is 28.5 Å². The second-order valence-electron chi connectivity index (χ2n) is 9.45. The third-order valence-electron chi connectivity index (χ3n) is 6.10. The molecule has 3 rings (SSSR count). The van der Waals surface area contributed by atoms with Crippen LogP contribution >= 0.6 is 0 Å². The SMILES string of the molecule is Cc1cccc(N(CC(=O)N(Cc2ccccc2C)[C@H](C)C(=O)NC(C)C)S(=O)(=O)c2ccccc2)c1. The van der Waals surface area contributed by atoms with E-state index in [0.717, 1.165) is 21.0 Å². The summed E-state index contributed by atoms with van der Waals surface area (Å²) < 4.78 is 28.6. The van der Waals surface area contributed by atoms with Crippen molar-refractivity contribution in [2.24, 2.45) is 0 Å². The lowest BCUT2D eigenvalue weighted by molar-refractivity contribution is -0.139. The lowest BCUT2D eigenvalue weighted by Gasteiger charge is -2.32. The van der Waals surface area contributed by atoms with Crippen LogP contribution in [0, 0.1) is 13.8 Å². The number of hydrogen-bond acceptors (Lipinski definition) is 4. The van der Waals surface area contributed by atoms with Crippen LogP contribution in [-0.4, -0.2) is 43.8 Å². The predicted molar refractivity (Wildman–Crippen MR) is 147 cm³/mol. The van der Waals surface area contributed by atoms with Gasteiger partial charge in [0, 0.05) is 12.6 Å². The van der Waals surface area contributed by atoms with Crippen molar-refractivity contribution >= 4 is 27.5 Å². The maximum atomic E-state index is 13.9. The van der Waals surface area contributed by atoms with Gasteiger partial charge in [-0.3, -0.25) is 13.9 Å². The molecule has 0 aliphatic rings. The molecule has 2 amide bonds. The largest absolute Gasteiger partial charge is 0.352 e. The summed E-state index contributed by atoms with van der Waals surface area (Å²) in [6.07, 6.45) is 0. The highest BCUT2D eigenvalue weighted by atomic mass is 32.2. The zero-order chi connectivity index (χ0) is 27.2. The smallest absolute Gasteiger partial charge is 0.264 e. The topological polar surface area (TPSA) is 86.8 Å². The molecule has 0 unspecified atom stereocenters. The van der Waals surface area contributed by atoms with Crippen LogP contribution in [0.5, 0.6) is 0 Å². The number of carbonyl (C=O) groups excluding carboxylic acids is 2.